The molecule has 0 N–H and O–H groups in total. The molecular weight excluding hydrogens is 673 g/mol. The van der Waals surface area contributed by atoms with Crippen molar-refractivity contribution in [3.63, 3.8) is 0 Å². The van der Waals surface area contributed by atoms with Crippen molar-refractivity contribution in [2.24, 2.45) is 34.5 Å². The lowest BCUT2D eigenvalue weighted by Gasteiger charge is -2.45. The van der Waals surface area contributed by atoms with E-state index in [1.807, 2.05) is 6.92 Å². The molecule has 5 nitrogen and oxygen atoms in total. The molecular formula is C38H54BrF3O5. The predicted molar refractivity (Wildman–Crippen MR) is 183 cm³/mol. The molecule has 2 saturated carbocycles. The summed E-state index contributed by atoms with van der Waals surface area (Å²) in [6.45, 7) is 15.9. The van der Waals surface area contributed by atoms with Crippen molar-refractivity contribution in [2.45, 2.75) is 117 Å². The Balaban J connectivity index is 2.04. The lowest BCUT2D eigenvalue weighted by atomic mass is 9.61. The Kier molecular flexibility index (Phi) is 13.4. The standard InChI is InChI=1S/C38H54BrF3O5/c1-9-10-18-29(26(3)24-46-33(43)35(4,5)6)32(22-25(2)30-19-20-31-27(23-39)15-14-21-36(30,31)7)47-34(44)37(45-8,38(40,41)42)28-16-12-11-13-17-28/h11-13,16-17,23,25,29-32H,3,9-10,14-15,18-22,24H2,1-2,4-8H3/b27-23+/t25-,29-,30-,31+,32-,36-,37+/m1/s1. The van der Waals surface area contributed by atoms with E-state index in [0.717, 1.165) is 52.1 Å². The number of allylic oxidation sites excluding steroid dienone is 1. The first-order valence-electron chi connectivity index (χ1n) is 17.0. The van der Waals surface area contributed by atoms with Gasteiger partial charge in [-0.05, 0) is 99.4 Å². The minimum absolute atomic E-state index is 0.0334. The smallest absolute Gasteiger partial charge is 0.432 e. The molecule has 2 aliphatic rings. The van der Waals surface area contributed by atoms with E-state index in [1.165, 1.54) is 29.8 Å². The van der Waals surface area contributed by atoms with Gasteiger partial charge in [0.1, 0.15) is 12.7 Å². The molecule has 0 bridgehead atoms. The minimum atomic E-state index is -5.10. The number of hydrogen-bond donors (Lipinski definition) is 0. The number of hydrogen-bond acceptors (Lipinski definition) is 5. The zero-order chi connectivity index (χ0) is 35.2. The monoisotopic (exact) mass is 726 g/mol. The van der Waals surface area contributed by atoms with Crippen LogP contribution in [0.5, 0.6) is 0 Å². The molecule has 0 amide bonds. The molecule has 1 aromatic carbocycles. The lowest BCUT2D eigenvalue weighted by molar-refractivity contribution is -0.279. The summed E-state index contributed by atoms with van der Waals surface area (Å²) < 4.78 is 61.7. The number of carbonyl (C=O) groups excluding carboxylic acids is 2. The van der Waals surface area contributed by atoms with Crippen molar-refractivity contribution in [3.05, 3.63) is 58.6 Å². The maximum absolute atomic E-state index is 15.0. The first-order chi connectivity index (χ1) is 22.0. The molecule has 3 rings (SSSR count). The van der Waals surface area contributed by atoms with Crippen LogP contribution in [-0.2, 0) is 29.4 Å². The van der Waals surface area contributed by atoms with Crippen LogP contribution in [0.15, 0.2) is 53.0 Å². The molecule has 0 radical (unpaired) electrons. The SMILES string of the molecule is C=C(COC(=O)C(C)(C)C)[C@@H](CCCC)[C@@H](C[C@@H](C)[C@H]1CC[C@H]2/C(=C/Br)CCC[C@]12C)OC(=O)[C@@](OC)(c1ccccc1)C(F)(F)F. The number of ether oxygens (including phenoxy) is 3. The largest absolute Gasteiger partial charge is 0.461 e. The number of esters is 2. The second-order valence-corrected chi connectivity index (χ2v) is 15.4. The second-order valence-electron chi connectivity index (χ2n) is 14.9. The van der Waals surface area contributed by atoms with Gasteiger partial charge in [0.25, 0.3) is 5.60 Å². The highest BCUT2D eigenvalue weighted by atomic mass is 79.9. The molecule has 0 spiro atoms. The summed E-state index contributed by atoms with van der Waals surface area (Å²) in [7, 11) is 0.885. The van der Waals surface area contributed by atoms with Gasteiger partial charge in [0.15, 0.2) is 0 Å². The Labute approximate surface area is 288 Å². The maximum Gasteiger partial charge on any atom is 0.432 e. The van der Waals surface area contributed by atoms with Gasteiger partial charge in [0.2, 0.25) is 0 Å². The van der Waals surface area contributed by atoms with Crippen molar-refractivity contribution in [2.75, 3.05) is 13.7 Å². The van der Waals surface area contributed by atoms with Gasteiger partial charge in [-0.3, -0.25) is 4.79 Å². The summed E-state index contributed by atoms with van der Waals surface area (Å²) in [4.78, 5) is 28.8. The summed E-state index contributed by atoms with van der Waals surface area (Å²) in [5.74, 6) is -1.68. The Morgan fingerprint density at radius 2 is 1.79 bits per heavy atom. The average molecular weight is 728 g/mol. The van der Waals surface area contributed by atoms with Gasteiger partial charge in [-0.15, -0.1) is 0 Å². The maximum atomic E-state index is 15.0. The van der Waals surface area contributed by atoms with Gasteiger partial charge in [0.05, 0.1) is 5.41 Å². The van der Waals surface area contributed by atoms with Crippen LogP contribution >= 0.6 is 15.9 Å². The van der Waals surface area contributed by atoms with Crippen LogP contribution in [0.25, 0.3) is 0 Å². The van der Waals surface area contributed by atoms with E-state index in [1.54, 1.807) is 26.8 Å². The fourth-order valence-corrected chi connectivity index (χ4v) is 8.68. The summed E-state index contributed by atoms with van der Waals surface area (Å²) in [5, 5.41) is 0. The molecule has 9 heteroatoms. The number of carbonyl (C=O) groups is 2. The van der Waals surface area contributed by atoms with Gasteiger partial charge >= 0.3 is 18.1 Å². The summed E-state index contributed by atoms with van der Waals surface area (Å²) in [5.41, 5.74) is -2.42. The van der Waals surface area contributed by atoms with E-state index < -0.39 is 41.2 Å². The van der Waals surface area contributed by atoms with Crippen LogP contribution in [0.1, 0.15) is 105 Å². The highest BCUT2D eigenvalue weighted by molar-refractivity contribution is 9.11. The van der Waals surface area contributed by atoms with Crippen molar-refractivity contribution in [3.8, 4) is 0 Å². The Hall–Kier alpha value is -2.13. The third-order valence-electron chi connectivity index (χ3n) is 10.7. The van der Waals surface area contributed by atoms with E-state index in [4.69, 9.17) is 14.2 Å². The van der Waals surface area contributed by atoms with Crippen LogP contribution < -0.4 is 0 Å². The highest BCUT2D eigenvalue weighted by Crippen LogP contribution is 2.60. The van der Waals surface area contributed by atoms with Crippen molar-refractivity contribution in [1.29, 1.82) is 0 Å². The molecule has 0 saturated heterocycles. The molecule has 0 aromatic heterocycles. The van der Waals surface area contributed by atoms with Gasteiger partial charge in [0, 0.05) is 18.6 Å². The predicted octanol–water partition coefficient (Wildman–Crippen LogP) is 10.5. The number of halogens is 4. The zero-order valence-corrected chi connectivity index (χ0v) is 30.8. The second kappa shape index (κ2) is 16.1. The van der Waals surface area contributed by atoms with E-state index in [2.05, 4.69) is 41.3 Å². The molecule has 0 unspecified atom stereocenters. The first-order valence-corrected chi connectivity index (χ1v) is 17.9. The van der Waals surface area contributed by atoms with Crippen LogP contribution in [0.2, 0.25) is 0 Å². The number of methoxy groups -OCH3 is 1. The third kappa shape index (κ3) is 8.55. The Morgan fingerprint density at radius 1 is 1.13 bits per heavy atom. The highest BCUT2D eigenvalue weighted by Gasteiger charge is 2.64. The van der Waals surface area contributed by atoms with Crippen molar-refractivity contribution >= 4 is 27.9 Å². The number of rotatable bonds is 14. The van der Waals surface area contributed by atoms with Gasteiger partial charge in [-0.1, -0.05) is 92.0 Å². The van der Waals surface area contributed by atoms with E-state index in [0.29, 0.717) is 30.3 Å². The molecule has 2 fully saturated rings. The molecule has 0 aliphatic heterocycles. The van der Waals surface area contributed by atoms with E-state index in [9.17, 15) is 22.8 Å². The van der Waals surface area contributed by atoms with Gasteiger partial charge in [-0.2, -0.15) is 13.2 Å². The van der Waals surface area contributed by atoms with Gasteiger partial charge < -0.3 is 14.2 Å². The quantitative estimate of drug-likeness (QED) is 0.141. The van der Waals surface area contributed by atoms with Crippen molar-refractivity contribution in [1.82, 2.24) is 0 Å². The normalized spacial score (nSPS) is 25.7. The molecule has 2 aliphatic carbocycles. The summed E-state index contributed by atoms with van der Waals surface area (Å²) in [6.07, 6.45) is 1.65. The molecule has 1 aromatic rings. The number of fused-ring (bicyclic) bond motifs is 1. The number of unbranched alkanes of at least 4 members (excludes halogenated alkanes) is 1. The molecule has 47 heavy (non-hydrogen) atoms. The number of benzene rings is 1. The summed E-state index contributed by atoms with van der Waals surface area (Å²) >= 11 is 3.58. The van der Waals surface area contributed by atoms with Gasteiger partial charge in [-0.25, -0.2) is 4.79 Å². The fraction of sp³-hybridized carbons (Fsp3) is 0.684. The van der Waals surface area contributed by atoms with Crippen LogP contribution in [0, 0.1) is 34.5 Å². The van der Waals surface area contributed by atoms with Crippen LogP contribution in [-0.4, -0.2) is 37.9 Å². The minimum Gasteiger partial charge on any atom is -0.461 e. The zero-order valence-electron chi connectivity index (χ0n) is 29.2. The van der Waals surface area contributed by atoms with E-state index >= 15 is 0 Å². The molecule has 264 valence electrons. The Bertz CT molecular complexity index is 1260. The Morgan fingerprint density at radius 3 is 2.34 bits per heavy atom. The molecule has 7 atom stereocenters. The molecule has 0 heterocycles. The topological polar surface area (TPSA) is 61.8 Å². The summed E-state index contributed by atoms with van der Waals surface area (Å²) in [6, 6.07) is 6.92. The van der Waals surface area contributed by atoms with Crippen LogP contribution in [0.4, 0.5) is 13.2 Å². The third-order valence-corrected chi connectivity index (χ3v) is 11.3. The fourth-order valence-electron chi connectivity index (χ4n) is 8.14. The van der Waals surface area contributed by atoms with E-state index in [-0.39, 0.29) is 23.5 Å². The number of alkyl halides is 3. The lowest BCUT2D eigenvalue weighted by Crippen LogP contribution is -2.53. The first kappa shape index (κ1) is 39.3. The van der Waals surface area contributed by atoms with Crippen molar-refractivity contribution < 1.29 is 37.0 Å². The average Bonchev–Trinajstić information content (AvgIpc) is 3.37. The van der Waals surface area contributed by atoms with Crippen LogP contribution in [0.3, 0.4) is 0 Å².